The third-order valence-electron chi connectivity index (χ3n) is 5.06. The molecule has 6 aromatic rings. The van der Waals surface area contributed by atoms with Crippen molar-refractivity contribution in [1.29, 1.82) is 0 Å². The van der Waals surface area contributed by atoms with E-state index < -0.39 is 0 Å². The smallest absolute Gasteiger partial charge is 1.00 e. The van der Waals surface area contributed by atoms with Gasteiger partial charge in [-0.15, -0.1) is 0 Å². The van der Waals surface area contributed by atoms with Crippen LogP contribution in [0.2, 0.25) is 0 Å². The molecule has 8 nitrogen and oxygen atoms in total. The second kappa shape index (κ2) is 17.4. The molecule has 1 aromatic carbocycles. The molecule has 12 heteroatoms. The van der Waals surface area contributed by atoms with Crippen LogP contribution in [0.4, 0.5) is 0 Å². The van der Waals surface area contributed by atoms with E-state index in [0.717, 1.165) is 28.6 Å². The van der Waals surface area contributed by atoms with E-state index in [9.17, 15) is 0 Å². The number of halogens is 3. The van der Waals surface area contributed by atoms with Crippen LogP contribution in [0.15, 0.2) is 104 Å². The molecule has 38 heavy (non-hydrogen) atoms. The van der Waals surface area contributed by atoms with Crippen LogP contribution in [0.25, 0.3) is 34.1 Å². The molecular formula is C26H26Cl3N8Os+. The summed E-state index contributed by atoms with van der Waals surface area (Å²) in [5.41, 5.74) is 4.06. The van der Waals surface area contributed by atoms with E-state index >= 15 is 0 Å². The minimum atomic E-state index is 0. The first kappa shape index (κ1) is 34.9. The predicted octanol–water partition coefficient (Wildman–Crippen LogP) is -4.45. The second-order valence-electron chi connectivity index (χ2n) is 7.50. The van der Waals surface area contributed by atoms with Gasteiger partial charge in [0.05, 0.1) is 17.4 Å². The normalized spacial score (nSPS) is 9.13. The Bertz CT molecular complexity index is 1380. The number of fused-ring (bicyclic) bond motifs is 1. The molecule has 0 amide bonds. The molecule has 0 fully saturated rings. The first-order chi connectivity index (χ1) is 16.6. The summed E-state index contributed by atoms with van der Waals surface area (Å²) in [4.78, 5) is 21.0. The molecule has 5 aromatic heterocycles. The van der Waals surface area contributed by atoms with Gasteiger partial charge >= 0.3 is 19.8 Å². The molecule has 0 aliphatic heterocycles. The zero-order chi connectivity index (χ0) is 23.8. The van der Waals surface area contributed by atoms with Gasteiger partial charge in [-0.2, -0.15) is 0 Å². The minimum Gasteiger partial charge on any atom is -1.00 e. The fourth-order valence-electron chi connectivity index (χ4n) is 3.30. The van der Waals surface area contributed by atoms with Crippen molar-refractivity contribution in [2.75, 3.05) is 0 Å². The number of aryl methyl sites for hydroxylation is 3. The van der Waals surface area contributed by atoms with Gasteiger partial charge in [0.15, 0.2) is 11.6 Å². The Kier molecular flexibility index (Phi) is 16.0. The predicted molar refractivity (Wildman–Crippen MR) is 134 cm³/mol. The van der Waals surface area contributed by atoms with Crippen molar-refractivity contribution in [3.63, 3.8) is 0 Å². The summed E-state index contributed by atoms with van der Waals surface area (Å²) in [6.07, 6.45) is 12.7. The van der Waals surface area contributed by atoms with Crippen LogP contribution in [-0.2, 0) is 40.9 Å². The molecule has 0 spiro atoms. The van der Waals surface area contributed by atoms with Crippen LogP contribution < -0.4 is 37.2 Å². The van der Waals surface area contributed by atoms with Gasteiger partial charge in [-0.1, -0.05) is 24.3 Å². The summed E-state index contributed by atoms with van der Waals surface area (Å²) in [7, 11) is 5.91. The van der Waals surface area contributed by atoms with Crippen LogP contribution in [0.5, 0.6) is 0 Å². The van der Waals surface area contributed by atoms with Crippen molar-refractivity contribution >= 4 is 11.0 Å². The number of pyridine rings is 2. The topological polar surface area (TPSA) is 79.2 Å². The first-order valence-electron chi connectivity index (χ1n) is 10.8. The van der Waals surface area contributed by atoms with Crippen LogP contribution in [0, 0.1) is 0 Å². The van der Waals surface area contributed by atoms with Crippen LogP contribution in [0.3, 0.4) is 0 Å². The van der Waals surface area contributed by atoms with Gasteiger partial charge in [-0.25, -0.2) is 15.0 Å². The van der Waals surface area contributed by atoms with E-state index in [1.807, 2.05) is 108 Å². The number of hydrogen-bond acceptors (Lipinski definition) is 5. The molecule has 0 aliphatic carbocycles. The number of benzene rings is 1. The maximum Gasteiger partial charge on any atom is 4.00 e. The van der Waals surface area contributed by atoms with E-state index in [1.165, 1.54) is 5.52 Å². The Morgan fingerprint density at radius 3 is 1.37 bits per heavy atom. The van der Waals surface area contributed by atoms with E-state index in [4.69, 9.17) is 0 Å². The number of imidazole rings is 3. The summed E-state index contributed by atoms with van der Waals surface area (Å²) in [5.74, 6) is 1.80. The maximum atomic E-state index is 4.20. The molecule has 0 saturated heterocycles. The molecule has 0 unspecified atom stereocenters. The Morgan fingerprint density at radius 2 is 0.974 bits per heavy atom. The molecule has 6 rings (SSSR count). The third-order valence-corrected chi connectivity index (χ3v) is 5.06. The van der Waals surface area contributed by atoms with Crippen molar-refractivity contribution in [1.82, 2.24) is 38.6 Å². The van der Waals surface area contributed by atoms with Gasteiger partial charge in [0, 0.05) is 58.3 Å². The van der Waals surface area contributed by atoms with E-state index in [1.54, 1.807) is 24.8 Å². The summed E-state index contributed by atoms with van der Waals surface area (Å²) >= 11 is 0. The summed E-state index contributed by atoms with van der Waals surface area (Å²) in [6.45, 7) is 0. The van der Waals surface area contributed by atoms with Gasteiger partial charge in [0.2, 0.25) is 0 Å². The van der Waals surface area contributed by atoms with Crippen molar-refractivity contribution < 1.29 is 57.0 Å². The Labute approximate surface area is 253 Å². The number of nitrogens with zero attached hydrogens (tertiary/aromatic N) is 8. The monoisotopic (exact) mass is 747 g/mol. The standard InChI is InChI=1S/2C9H9N3.C8H8N2.3ClH.Os/c2*1-12-7-6-11-9(12)8-4-2-3-5-10-8;1-10-6-9-7-4-2-3-5-8(7)10;;;;/h2*2-7H,1H3;2-6H,1H3;3*1H;/q;;;;;;+4/p-3. The van der Waals surface area contributed by atoms with Gasteiger partial charge in [0.25, 0.3) is 0 Å². The van der Waals surface area contributed by atoms with Gasteiger partial charge in [0.1, 0.15) is 11.4 Å². The fraction of sp³-hybridized carbons (Fsp3) is 0.115. The Morgan fingerprint density at radius 1 is 0.500 bits per heavy atom. The molecule has 0 N–H and O–H groups in total. The summed E-state index contributed by atoms with van der Waals surface area (Å²) in [5, 5.41) is 0. The summed E-state index contributed by atoms with van der Waals surface area (Å²) < 4.78 is 5.90. The van der Waals surface area contributed by atoms with Crippen molar-refractivity contribution in [2.24, 2.45) is 21.1 Å². The second-order valence-corrected chi connectivity index (χ2v) is 7.50. The van der Waals surface area contributed by atoms with E-state index in [0.29, 0.717) is 0 Å². The maximum absolute atomic E-state index is 4.20. The molecule has 0 radical (unpaired) electrons. The molecule has 0 bridgehead atoms. The molecule has 198 valence electrons. The third kappa shape index (κ3) is 9.04. The number of para-hydroxylation sites is 2. The van der Waals surface area contributed by atoms with Gasteiger partial charge in [-0.05, 0) is 36.4 Å². The van der Waals surface area contributed by atoms with Crippen molar-refractivity contribution in [3.05, 3.63) is 104 Å². The minimum absolute atomic E-state index is 0. The van der Waals surface area contributed by atoms with E-state index in [-0.39, 0.29) is 57.0 Å². The molecule has 5 heterocycles. The molecular weight excluding hydrogens is 721 g/mol. The Balaban J connectivity index is 0.000000515. The largest absolute Gasteiger partial charge is 4.00 e. The molecule has 0 aliphatic rings. The molecule has 0 saturated carbocycles. The van der Waals surface area contributed by atoms with Crippen LogP contribution in [0.1, 0.15) is 0 Å². The SMILES string of the molecule is Cn1ccnc1-c1ccccn1.Cn1ccnc1-c1ccccn1.Cn1cnc2ccccc21.[Cl-].[Cl-].[Cl-].[Os+4]. The zero-order valence-electron chi connectivity index (χ0n) is 20.9. The summed E-state index contributed by atoms with van der Waals surface area (Å²) in [6, 6.07) is 19.7. The van der Waals surface area contributed by atoms with E-state index in [2.05, 4.69) is 31.0 Å². The van der Waals surface area contributed by atoms with Gasteiger partial charge in [-0.3, -0.25) is 9.97 Å². The average molecular weight is 747 g/mol. The number of rotatable bonds is 2. The van der Waals surface area contributed by atoms with Crippen LogP contribution in [-0.4, -0.2) is 38.6 Å². The average Bonchev–Trinajstić information content (AvgIpc) is 3.61. The zero-order valence-corrected chi connectivity index (χ0v) is 25.7. The number of aromatic nitrogens is 8. The fourth-order valence-corrected chi connectivity index (χ4v) is 3.30. The van der Waals surface area contributed by atoms with Crippen molar-refractivity contribution in [3.8, 4) is 23.0 Å². The quantitative estimate of drug-likeness (QED) is 0.179. The van der Waals surface area contributed by atoms with Crippen molar-refractivity contribution in [2.45, 2.75) is 0 Å². The first-order valence-corrected chi connectivity index (χ1v) is 10.8. The Hall–Kier alpha value is -3.08. The van der Waals surface area contributed by atoms with Crippen LogP contribution >= 0.6 is 0 Å². The number of hydrogen-bond donors (Lipinski definition) is 0. The molecule has 0 atom stereocenters. The van der Waals surface area contributed by atoms with Gasteiger partial charge < -0.3 is 50.9 Å².